The molecule has 3 rings (SSSR count). The summed E-state index contributed by atoms with van der Waals surface area (Å²) in [5, 5.41) is 6.24. The van der Waals surface area contributed by atoms with E-state index in [1.165, 1.54) is 0 Å². The molecular weight excluding hydrogens is 302 g/mol. The van der Waals surface area contributed by atoms with Crippen LogP contribution in [0.5, 0.6) is 0 Å². The summed E-state index contributed by atoms with van der Waals surface area (Å²) in [4.78, 5) is 22.7. The summed E-state index contributed by atoms with van der Waals surface area (Å²) >= 11 is 0. The van der Waals surface area contributed by atoms with Gasteiger partial charge in [0.1, 0.15) is 17.5 Å². The molecule has 1 aromatic carbocycles. The lowest BCUT2D eigenvalue weighted by Crippen LogP contribution is -2.27. The first kappa shape index (κ1) is 16.2. The zero-order valence-corrected chi connectivity index (χ0v) is 14.3. The van der Waals surface area contributed by atoms with Crippen molar-refractivity contribution in [2.24, 2.45) is 5.92 Å². The normalized spacial score (nSPS) is 14.0. The van der Waals surface area contributed by atoms with Crippen LogP contribution in [0.1, 0.15) is 25.1 Å². The average molecular weight is 325 g/mol. The van der Waals surface area contributed by atoms with Crippen LogP contribution in [0.2, 0.25) is 0 Å². The fourth-order valence-electron chi connectivity index (χ4n) is 2.54. The van der Waals surface area contributed by atoms with E-state index in [0.29, 0.717) is 5.82 Å². The van der Waals surface area contributed by atoms with Crippen molar-refractivity contribution in [2.45, 2.75) is 26.2 Å². The van der Waals surface area contributed by atoms with Crippen LogP contribution in [0, 0.1) is 12.8 Å². The predicted octanol–water partition coefficient (Wildman–Crippen LogP) is 3.33. The van der Waals surface area contributed by atoms with Crippen LogP contribution >= 0.6 is 0 Å². The molecular formula is C18H23N5O. The Balaban J connectivity index is 1.66. The largest absolute Gasteiger partial charge is 0.363 e. The van der Waals surface area contributed by atoms with Gasteiger partial charge in [-0.05, 0) is 44.0 Å². The first-order chi connectivity index (χ1) is 11.5. The molecule has 0 atom stereocenters. The molecule has 1 amide bonds. The van der Waals surface area contributed by atoms with E-state index in [0.717, 1.165) is 42.3 Å². The molecule has 126 valence electrons. The number of rotatable bonds is 5. The number of hydrogen-bond donors (Lipinski definition) is 2. The second-order valence-electron chi connectivity index (χ2n) is 6.37. The molecule has 0 bridgehead atoms. The summed E-state index contributed by atoms with van der Waals surface area (Å²) in [5.41, 5.74) is 1.74. The maximum Gasteiger partial charge on any atom is 0.227 e. The fourth-order valence-corrected chi connectivity index (χ4v) is 2.54. The summed E-state index contributed by atoms with van der Waals surface area (Å²) < 4.78 is 0. The number of anilines is 4. The highest BCUT2D eigenvalue weighted by Crippen LogP contribution is 2.28. The first-order valence-corrected chi connectivity index (χ1v) is 8.22. The Hall–Kier alpha value is -2.63. The van der Waals surface area contributed by atoms with Crippen molar-refractivity contribution < 1.29 is 4.79 Å². The van der Waals surface area contributed by atoms with Crippen molar-refractivity contribution in [1.82, 2.24) is 9.97 Å². The molecule has 6 nitrogen and oxygen atoms in total. The van der Waals surface area contributed by atoms with Crippen molar-refractivity contribution in [3.05, 3.63) is 36.2 Å². The third kappa shape index (κ3) is 3.82. The minimum atomic E-state index is 0.129. The monoisotopic (exact) mass is 325 g/mol. The van der Waals surface area contributed by atoms with E-state index in [4.69, 9.17) is 0 Å². The quantitative estimate of drug-likeness (QED) is 0.882. The van der Waals surface area contributed by atoms with Gasteiger partial charge in [0.05, 0.1) is 0 Å². The van der Waals surface area contributed by atoms with E-state index < -0.39 is 0 Å². The van der Waals surface area contributed by atoms with Crippen LogP contribution in [0.3, 0.4) is 0 Å². The van der Waals surface area contributed by atoms with Gasteiger partial charge >= 0.3 is 0 Å². The second kappa shape index (κ2) is 6.86. The minimum Gasteiger partial charge on any atom is -0.363 e. The van der Waals surface area contributed by atoms with Gasteiger partial charge in [0.2, 0.25) is 5.91 Å². The minimum absolute atomic E-state index is 0.129. The van der Waals surface area contributed by atoms with Crippen LogP contribution in [0.25, 0.3) is 0 Å². The highest BCUT2D eigenvalue weighted by molar-refractivity contribution is 5.93. The van der Waals surface area contributed by atoms with Crippen LogP contribution in [-0.2, 0) is 4.79 Å². The topological polar surface area (TPSA) is 70.2 Å². The Morgan fingerprint density at radius 2 is 1.79 bits per heavy atom. The predicted molar refractivity (Wildman–Crippen MR) is 96.8 cm³/mol. The number of benzene rings is 1. The van der Waals surface area contributed by atoms with E-state index in [1.807, 2.05) is 56.3 Å². The third-order valence-electron chi connectivity index (χ3n) is 4.18. The van der Waals surface area contributed by atoms with Crippen molar-refractivity contribution in [3.63, 3.8) is 0 Å². The molecule has 1 aliphatic carbocycles. The average Bonchev–Trinajstić information content (AvgIpc) is 2.47. The fraction of sp³-hybridized carbons (Fsp3) is 0.389. The lowest BCUT2D eigenvalue weighted by atomic mass is 9.85. The summed E-state index contributed by atoms with van der Waals surface area (Å²) in [6.45, 7) is 1.87. The van der Waals surface area contributed by atoms with Gasteiger partial charge in [-0.15, -0.1) is 0 Å². The zero-order chi connectivity index (χ0) is 17.1. The smallest absolute Gasteiger partial charge is 0.227 e. The molecule has 0 radical (unpaired) electrons. The molecule has 1 heterocycles. The molecule has 0 saturated heterocycles. The Morgan fingerprint density at radius 1 is 1.12 bits per heavy atom. The molecule has 0 spiro atoms. The number of hydrogen-bond acceptors (Lipinski definition) is 5. The van der Waals surface area contributed by atoms with Gasteiger partial charge in [0.15, 0.2) is 0 Å². The lowest BCUT2D eigenvalue weighted by molar-refractivity contribution is -0.122. The van der Waals surface area contributed by atoms with E-state index >= 15 is 0 Å². The molecule has 0 unspecified atom stereocenters. The summed E-state index contributed by atoms with van der Waals surface area (Å²) in [7, 11) is 3.90. The van der Waals surface area contributed by atoms with Gasteiger partial charge in [0.25, 0.3) is 0 Å². The number of carbonyl (C=O) groups is 1. The maximum absolute atomic E-state index is 12.0. The van der Waals surface area contributed by atoms with E-state index in [-0.39, 0.29) is 11.8 Å². The number of carbonyl (C=O) groups excluding carboxylic acids is 1. The number of aryl methyl sites for hydroxylation is 1. The SMILES string of the molecule is Cc1nc(Nc2ccc(NC(=O)C3CCC3)cc2)cc(N(C)C)n1. The first-order valence-electron chi connectivity index (χ1n) is 8.22. The Bertz CT molecular complexity index is 723. The maximum atomic E-state index is 12.0. The van der Waals surface area contributed by atoms with Gasteiger partial charge in [0, 0.05) is 37.5 Å². The summed E-state index contributed by atoms with van der Waals surface area (Å²) in [5.74, 6) is 2.64. The van der Waals surface area contributed by atoms with Crippen LogP contribution < -0.4 is 15.5 Å². The second-order valence-corrected chi connectivity index (χ2v) is 6.37. The molecule has 1 aliphatic rings. The molecule has 1 aromatic heterocycles. The molecule has 2 N–H and O–H groups in total. The summed E-state index contributed by atoms with van der Waals surface area (Å²) in [6.07, 6.45) is 3.17. The van der Waals surface area contributed by atoms with Crippen LogP contribution in [-0.4, -0.2) is 30.0 Å². The van der Waals surface area contributed by atoms with Gasteiger partial charge < -0.3 is 15.5 Å². The Morgan fingerprint density at radius 3 is 2.38 bits per heavy atom. The van der Waals surface area contributed by atoms with Gasteiger partial charge in [-0.2, -0.15) is 0 Å². The van der Waals surface area contributed by atoms with Gasteiger partial charge in [-0.3, -0.25) is 4.79 Å². The van der Waals surface area contributed by atoms with E-state index in [1.54, 1.807) is 0 Å². The third-order valence-corrected chi connectivity index (χ3v) is 4.18. The Kier molecular flexibility index (Phi) is 4.64. The van der Waals surface area contributed by atoms with Gasteiger partial charge in [-0.25, -0.2) is 9.97 Å². The van der Waals surface area contributed by atoms with Crippen molar-refractivity contribution in [2.75, 3.05) is 29.6 Å². The summed E-state index contributed by atoms with van der Waals surface area (Å²) in [6, 6.07) is 9.57. The van der Waals surface area contributed by atoms with E-state index in [9.17, 15) is 4.79 Å². The molecule has 2 aromatic rings. The number of nitrogens with one attached hydrogen (secondary N) is 2. The molecule has 0 aliphatic heterocycles. The Labute approximate surface area is 142 Å². The number of nitrogens with zero attached hydrogens (tertiary/aromatic N) is 3. The van der Waals surface area contributed by atoms with Crippen LogP contribution in [0.4, 0.5) is 23.0 Å². The molecule has 1 saturated carbocycles. The van der Waals surface area contributed by atoms with Crippen molar-refractivity contribution >= 4 is 28.9 Å². The molecule has 6 heteroatoms. The van der Waals surface area contributed by atoms with E-state index in [2.05, 4.69) is 20.6 Å². The van der Waals surface area contributed by atoms with Gasteiger partial charge in [-0.1, -0.05) is 6.42 Å². The zero-order valence-electron chi connectivity index (χ0n) is 14.3. The highest BCUT2D eigenvalue weighted by Gasteiger charge is 2.24. The molecule has 24 heavy (non-hydrogen) atoms. The number of amides is 1. The van der Waals surface area contributed by atoms with Crippen molar-refractivity contribution in [3.8, 4) is 0 Å². The van der Waals surface area contributed by atoms with Crippen LogP contribution in [0.15, 0.2) is 30.3 Å². The standard InChI is InChI=1S/C18H23N5O/c1-12-19-16(11-17(20-12)23(2)3)21-14-7-9-15(10-8-14)22-18(24)13-5-4-6-13/h7-11,13H,4-6H2,1-3H3,(H,22,24)(H,19,20,21). The lowest BCUT2D eigenvalue weighted by Gasteiger charge is -2.24. The molecule has 1 fully saturated rings. The van der Waals surface area contributed by atoms with Crippen molar-refractivity contribution in [1.29, 1.82) is 0 Å². The highest BCUT2D eigenvalue weighted by atomic mass is 16.1. The number of aromatic nitrogens is 2.